The second-order valence-corrected chi connectivity index (χ2v) is 11.6. The molecule has 0 unspecified atom stereocenters. The van der Waals surface area contributed by atoms with Gasteiger partial charge >= 0.3 is 19.4 Å². The van der Waals surface area contributed by atoms with Crippen molar-refractivity contribution in [1.82, 2.24) is 14.6 Å². The third-order valence-electron chi connectivity index (χ3n) is 6.37. The SMILES string of the molecule is CC(C)OC(=O)[C@H](C)N[P@](=O)(OC[C@@]1(C(F)F)O[C@@H](n2ccc(N)nc2=O)[C@H](F)[C@H]1O)Oc1ccc2ccccc2c1. The van der Waals surface area contributed by atoms with Gasteiger partial charge in [-0.2, -0.15) is 10.1 Å². The zero-order valence-electron chi connectivity index (χ0n) is 22.7. The second kappa shape index (κ2) is 12.4. The average molecular weight is 615 g/mol. The molecule has 2 heterocycles. The number of benzene rings is 2. The van der Waals surface area contributed by atoms with Crippen molar-refractivity contribution in [1.29, 1.82) is 0 Å². The van der Waals surface area contributed by atoms with Gasteiger partial charge in [-0.15, -0.1) is 0 Å². The summed E-state index contributed by atoms with van der Waals surface area (Å²) in [4.78, 5) is 28.1. The molecule has 1 fully saturated rings. The summed E-state index contributed by atoms with van der Waals surface area (Å²) < 4.78 is 80.0. The molecule has 228 valence electrons. The molecule has 6 atom stereocenters. The highest BCUT2D eigenvalue weighted by Gasteiger charge is 2.62. The molecule has 0 bridgehead atoms. The van der Waals surface area contributed by atoms with Crippen LogP contribution in [0.3, 0.4) is 0 Å². The molecule has 1 aromatic heterocycles. The largest absolute Gasteiger partial charge is 0.462 e. The number of fused-ring (bicyclic) bond motifs is 1. The van der Waals surface area contributed by atoms with Gasteiger partial charge in [0.25, 0.3) is 6.43 Å². The predicted octanol–water partition coefficient (Wildman–Crippen LogP) is 3.34. The lowest BCUT2D eigenvalue weighted by Crippen LogP contribution is -2.52. The van der Waals surface area contributed by atoms with E-state index in [0.29, 0.717) is 9.95 Å². The molecule has 4 N–H and O–H groups in total. The predicted molar refractivity (Wildman–Crippen MR) is 145 cm³/mol. The van der Waals surface area contributed by atoms with Gasteiger partial charge in [0.05, 0.1) is 12.7 Å². The van der Waals surface area contributed by atoms with Crippen molar-refractivity contribution >= 4 is 30.3 Å². The van der Waals surface area contributed by atoms with Crippen LogP contribution in [0.2, 0.25) is 0 Å². The number of carbonyl (C=O) groups is 1. The van der Waals surface area contributed by atoms with Gasteiger partial charge in [-0.25, -0.2) is 22.5 Å². The van der Waals surface area contributed by atoms with Crippen LogP contribution in [0.4, 0.5) is 19.0 Å². The van der Waals surface area contributed by atoms with Gasteiger partial charge < -0.3 is 24.8 Å². The normalized spacial score (nSPS) is 24.5. The summed E-state index contributed by atoms with van der Waals surface area (Å²) in [5.74, 6) is -1.08. The Hall–Kier alpha value is -3.49. The highest BCUT2D eigenvalue weighted by molar-refractivity contribution is 7.52. The van der Waals surface area contributed by atoms with Crippen LogP contribution in [0, 0.1) is 0 Å². The smallest absolute Gasteiger partial charge is 0.459 e. The number of anilines is 1. The number of rotatable bonds is 11. The minimum Gasteiger partial charge on any atom is -0.462 e. The lowest BCUT2D eigenvalue weighted by Gasteiger charge is -2.32. The lowest BCUT2D eigenvalue weighted by atomic mass is 9.97. The number of aromatic nitrogens is 2. The average Bonchev–Trinajstić information content (AvgIpc) is 3.17. The maximum Gasteiger partial charge on any atom is 0.459 e. The first kappa shape index (κ1) is 31.4. The van der Waals surface area contributed by atoms with E-state index in [9.17, 15) is 28.0 Å². The number of nitrogens with one attached hydrogen (secondary N) is 1. The van der Waals surface area contributed by atoms with E-state index in [-0.39, 0.29) is 11.6 Å². The van der Waals surface area contributed by atoms with Crippen molar-refractivity contribution in [3.8, 4) is 5.75 Å². The number of nitrogen functional groups attached to an aromatic ring is 1. The number of carbonyl (C=O) groups excluding carboxylic acids is 1. The molecule has 4 rings (SSSR count). The number of hydrogen-bond acceptors (Lipinski definition) is 10. The highest BCUT2D eigenvalue weighted by Crippen LogP contribution is 2.50. The van der Waals surface area contributed by atoms with Crippen molar-refractivity contribution in [3.05, 3.63) is 65.2 Å². The first-order chi connectivity index (χ1) is 19.7. The number of hydrogen-bond donors (Lipinski definition) is 3. The summed E-state index contributed by atoms with van der Waals surface area (Å²) in [5.41, 5.74) is 1.20. The zero-order chi connectivity index (χ0) is 30.8. The third kappa shape index (κ3) is 6.60. The summed E-state index contributed by atoms with van der Waals surface area (Å²) >= 11 is 0. The van der Waals surface area contributed by atoms with Crippen LogP contribution in [0.5, 0.6) is 5.75 Å². The monoisotopic (exact) mass is 614 g/mol. The maximum absolute atomic E-state index is 15.2. The molecule has 0 saturated carbocycles. The van der Waals surface area contributed by atoms with Gasteiger partial charge in [-0.05, 0) is 49.7 Å². The van der Waals surface area contributed by atoms with Crippen LogP contribution in [-0.2, 0) is 23.4 Å². The molecule has 0 spiro atoms. The number of aliphatic hydroxyl groups is 1. The van der Waals surface area contributed by atoms with Crippen molar-refractivity contribution < 1.29 is 46.2 Å². The van der Waals surface area contributed by atoms with E-state index in [2.05, 4.69) is 10.1 Å². The van der Waals surface area contributed by atoms with E-state index in [1.807, 2.05) is 6.07 Å². The van der Waals surface area contributed by atoms with Gasteiger partial charge in [-0.3, -0.25) is 13.9 Å². The van der Waals surface area contributed by atoms with Crippen molar-refractivity contribution in [2.75, 3.05) is 12.3 Å². The van der Waals surface area contributed by atoms with Gasteiger partial charge in [0.1, 0.15) is 23.7 Å². The van der Waals surface area contributed by atoms with Crippen LogP contribution in [0.15, 0.2) is 59.5 Å². The number of aliphatic hydroxyl groups excluding tert-OH is 1. The zero-order valence-corrected chi connectivity index (χ0v) is 23.6. The van der Waals surface area contributed by atoms with Crippen LogP contribution in [-0.4, -0.2) is 63.7 Å². The van der Waals surface area contributed by atoms with Crippen LogP contribution in [0.1, 0.15) is 27.0 Å². The Kier molecular flexibility index (Phi) is 9.28. The van der Waals surface area contributed by atoms with Crippen LogP contribution >= 0.6 is 7.75 Å². The summed E-state index contributed by atoms with van der Waals surface area (Å²) in [7, 11) is -4.76. The van der Waals surface area contributed by atoms with Gasteiger partial charge in [0.15, 0.2) is 18.0 Å². The Labute approximate surface area is 238 Å². The van der Waals surface area contributed by atoms with E-state index < -0.39 is 68.7 Å². The number of nitrogens with zero attached hydrogens (tertiary/aromatic N) is 2. The summed E-state index contributed by atoms with van der Waals surface area (Å²) in [6.07, 6.45) is -10.3. The molecule has 1 aliphatic heterocycles. The van der Waals surface area contributed by atoms with Crippen molar-refractivity contribution in [2.24, 2.45) is 0 Å². The molecule has 2 aromatic carbocycles. The number of nitrogens with two attached hydrogens (primary N) is 1. The fourth-order valence-corrected chi connectivity index (χ4v) is 5.76. The van der Waals surface area contributed by atoms with Crippen LogP contribution < -0.4 is 21.0 Å². The molecule has 3 aromatic rings. The molecule has 12 nitrogen and oxygen atoms in total. The molecule has 16 heteroatoms. The van der Waals surface area contributed by atoms with Gasteiger partial charge in [0.2, 0.25) is 0 Å². The first-order valence-electron chi connectivity index (χ1n) is 12.8. The molecular weight excluding hydrogens is 584 g/mol. The minimum atomic E-state index is -4.76. The minimum absolute atomic E-state index is 0.0197. The molecule has 1 saturated heterocycles. The summed E-state index contributed by atoms with van der Waals surface area (Å²) in [6, 6.07) is 11.5. The molecule has 1 aliphatic rings. The van der Waals surface area contributed by atoms with E-state index in [4.69, 9.17) is 24.3 Å². The quantitative estimate of drug-likeness (QED) is 0.214. The summed E-state index contributed by atoms with van der Waals surface area (Å²) in [5, 5.41) is 14.4. The fourth-order valence-electron chi connectivity index (χ4n) is 4.24. The van der Waals surface area contributed by atoms with E-state index >= 15 is 4.39 Å². The Morgan fingerprint density at radius 1 is 1.21 bits per heavy atom. The Morgan fingerprint density at radius 3 is 2.55 bits per heavy atom. The fraction of sp³-hybridized carbons (Fsp3) is 0.423. The summed E-state index contributed by atoms with van der Waals surface area (Å²) in [6.45, 7) is 3.07. The highest BCUT2D eigenvalue weighted by atomic mass is 31.2. The number of ether oxygens (including phenoxy) is 2. The molecular formula is C26H30F3N4O8P. The lowest BCUT2D eigenvalue weighted by molar-refractivity contribution is -0.192. The molecule has 0 radical (unpaired) electrons. The van der Waals surface area contributed by atoms with Gasteiger partial charge in [-0.1, -0.05) is 30.3 Å². The molecule has 42 heavy (non-hydrogen) atoms. The Morgan fingerprint density at radius 2 is 1.90 bits per heavy atom. The second-order valence-electron chi connectivity index (χ2n) is 9.90. The Balaban J connectivity index is 1.65. The third-order valence-corrected chi connectivity index (χ3v) is 8.00. The standard InChI is InChI=1S/C26H30F3N4O8P/c1-14(2)39-23(35)15(3)32-42(37,41-18-9-8-16-6-4-5-7-17(16)12-18)38-13-26(24(28)29)21(34)20(27)22(40-26)33-11-10-19(30)31-25(33)36/h4-12,14-15,20-22,24,34H,13H2,1-3H3,(H,32,37)(H2,30,31,36)/t15-,20+,21+,22+,26+,42-/m0/s1. The number of halogens is 3. The number of esters is 1. The Bertz CT molecular complexity index is 1540. The molecule has 0 amide bonds. The van der Waals surface area contributed by atoms with Crippen LogP contribution in [0.25, 0.3) is 10.8 Å². The van der Waals surface area contributed by atoms with Crippen molar-refractivity contribution in [3.63, 3.8) is 0 Å². The van der Waals surface area contributed by atoms with E-state index in [1.54, 1.807) is 38.1 Å². The van der Waals surface area contributed by atoms with Gasteiger partial charge in [0, 0.05) is 6.20 Å². The van der Waals surface area contributed by atoms with Crippen molar-refractivity contribution in [2.45, 2.75) is 63.4 Å². The topological polar surface area (TPSA) is 164 Å². The maximum atomic E-state index is 15.2. The number of alkyl halides is 3. The molecule has 0 aliphatic carbocycles. The van der Waals surface area contributed by atoms with E-state index in [0.717, 1.165) is 17.6 Å². The van der Waals surface area contributed by atoms with E-state index in [1.165, 1.54) is 19.1 Å². The first-order valence-corrected chi connectivity index (χ1v) is 14.3.